The van der Waals surface area contributed by atoms with Gasteiger partial charge in [0.2, 0.25) is 0 Å². The highest BCUT2D eigenvalue weighted by Gasteiger charge is 2.47. The number of unbranched alkanes of at least 4 members (excludes halogenated alkanes) is 4. The topological polar surface area (TPSA) is 150 Å². The molecule has 4 aliphatic rings. The van der Waals surface area contributed by atoms with Crippen molar-refractivity contribution in [1.82, 2.24) is 19.6 Å². The van der Waals surface area contributed by atoms with Gasteiger partial charge in [-0.05, 0) is 179 Å². The first-order valence-electron chi connectivity index (χ1n) is 35.0. The molecular weight excluding hydrogens is 1260 g/mol. The Morgan fingerprint density at radius 3 is 0.827 bits per heavy atom. The van der Waals surface area contributed by atoms with E-state index in [4.69, 9.17) is 0 Å². The number of fused-ring (bicyclic) bond motifs is 4. The Hall–Kier alpha value is -9.06. The standard InChI is InChI=1S/2C40H39F3N2O4/c1-6-10-12-21(8-3)44-36(46)25-17-15-24-33-29(40(41,42)43)19-28-32-26(37(47)45(39(28)49)22(9-4)13-11-7-2)16-14-23(35(32)33)30-20(5)18-27(38(44)48)31(25)34(24)30;1-6-10-12-21(8-3)44-36(46)25-16-14-23-30-20(5)18-27-33-28(39(49)45(38(27)48)22(9-4)13-11-7-2)19-29(40(41,42)43)34(35(30)33)24-15-17-26(37(44)47)32(25)31(23)24/h2*14-19,21-22H,6-13H2,1-5H3. The SMILES string of the molecule is CCCCC(CC)N1C(=O)c2ccc3c4c(C(F)(F)F)cc5c6c(ccc(c7c(C)cc(c2c37)C1=O)c64)C(=O)N(C(CC)CCCC)C5=O.CCCCC(CC)N1C(=O)c2ccc3c4c(C)cc5c6c(cc(C(F)(F)F)c(c7ccc(c2c37)C1=O)c64)C(=O)N(C(CC)CCCC)C5=O. The van der Waals surface area contributed by atoms with Gasteiger partial charge in [-0.2, -0.15) is 26.3 Å². The highest BCUT2D eigenvalue weighted by molar-refractivity contribution is 6.44. The predicted molar refractivity (Wildman–Crippen MR) is 371 cm³/mol. The van der Waals surface area contributed by atoms with E-state index in [1.54, 1.807) is 49.4 Å². The number of alkyl halides is 6. The van der Waals surface area contributed by atoms with Gasteiger partial charge in [0.15, 0.2) is 0 Å². The molecule has 12 nitrogen and oxygen atoms in total. The Kier molecular flexibility index (Phi) is 17.2. The number of carbonyl (C=O) groups is 8. The number of halogens is 6. The van der Waals surface area contributed by atoms with E-state index >= 15 is 26.3 Å². The molecule has 10 aromatic rings. The summed E-state index contributed by atoms with van der Waals surface area (Å²) in [4.78, 5) is 118. The van der Waals surface area contributed by atoms with Gasteiger partial charge in [-0.1, -0.05) is 131 Å². The molecule has 98 heavy (non-hydrogen) atoms. The van der Waals surface area contributed by atoms with Crippen LogP contribution in [0.3, 0.4) is 0 Å². The van der Waals surface area contributed by atoms with Crippen LogP contribution in [-0.2, 0) is 12.4 Å². The molecule has 0 aliphatic carbocycles. The minimum absolute atomic E-state index is 0.133. The van der Waals surface area contributed by atoms with Crippen molar-refractivity contribution >= 4 is 133 Å². The van der Waals surface area contributed by atoms with Crippen molar-refractivity contribution in [1.29, 1.82) is 0 Å². The number of amides is 8. The third-order valence-electron chi connectivity index (χ3n) is 21.7. The van der Waals surface area contributed by atoms with E-state index in [1.165, 1.54) is 32.9 Å². The van der Waals surface area contributed by atoms with Crippen LogP contribution in [0.15, 0.2) is 72.8 Å². The number of benzene rings is 10. The van der Waals surface area contributed by atoms with Crippen LogP contribution >= 0.6 is 0 Å². The minimum Gasteiger partial charge on any atom is -0.271 e. The zero-order valence-corrected chi connectivity index (χ0v) is 56.9. The van der Waals surface area contributed by atoms with Crippen LogP contribution in [0.5, 0.6) is 0 Å². The molecule has 0 spiro atoms. The largest absolute Gasteiger partial charge is 0.417 e. The maximum absolute atomic E-state index is 15.2. The van der Waals surface area contributed by atoms with E-state index in [0.29, 0.717) is 111 Å². The molecule has 0 saturated carbocycles. The lowest BCUT2D eigenvalue weighted by Crippen LogP contribution is -2.47. The van der Waals surface area contributed by atoms with Crippen LogP contribution in [0.25, 0.3) is 86.2 Å². The van der Waals surface area contributed by atoms with Gasteiger partial charge in [0.25, 0.3) is 47.3 Å². The first-order valence-corrected chi connectivity index (χ1v) is 35.0. The maximum Gasteiger partial charge on any atom is 0.417 e. The monoisotopic (exact) mass is 1340 g/mol. The lowest BCUT2D eigenvalue weighted by molar-refractivity contribution is -0.137. The molecule has 0 aromatic heterocycles. The van der Waals surface area contributed by atoms with Gasteiger partial charge in [-0.15, -0.1) is 0 Å². The van der Waals surface area contributed by atoms with Crippen LogP contribution in [0.4, 0.5) is 26.3 Å². The van der Waals surface area contributed by atoms with Crippen molar-refractivity contribution in [3.63, 3.8) is 0 Å². The summed E-state index contributed by atoms with van der Waals surface area (Å²) in [6, 6.07) is 16.6. The van der Waals surface area contributed by atoms with Gasteiger partial charge < -0.3 is 0 Å². The number of hydrogen-bond acceptors (Lipinski definition) is 8. The fourth-order valence-electron chi connectivity index (χ4n) is 17.0. The second kappa shape index (κ2) is 25.0. The normalized spacial score (nSPS) is 16.3. The van der Waals surface area contributed by atoms with E-state index in [-0.39, 0.29) is 94.1 Å². The average molecular weight is 1340 g/mol. The number of hydrogen-bond donors (Lipinski definition) is 0. The third-order valence-corrected chi connectivity index (χ3v) is 21.7. The van der Waals surface area contributed by atoms with E-state index < -0.39 is 82.8 Å². The van der Waals surface area contributed by atoms with Crippen molar-refractivity contribution in [3.8, 4) is 0 Å². The fraction of sp³-hybridized carbons (Fsp3) is 0.400. The Balaban J connectivity index is 0.000000176. The van der Waals surface area contributed by atoms with Crippen molar-refractivity contribution in [3.05, 3.63) is 140 Å². The zero-order valence-electron chi connectivity index (χ0n) is 56.9. The minimum atomic E-state index is -4.85. The van der Waals surface area contributed by atoms with Gasteiger partial charge in [0, 0.05) is 101 Å². The van der Waals surface area contributed by atoms with Crippen LogP contribution in [0.1, 0.15) is 263 Å². The summed E-state index contributed by atoms with van der Waals surface area (Å²) in [6.45, 7) is 19.3. The molecule has 0 N–H and O–H groups in total. The van der Waals surface area contributed by atoms with E-state index in [0.717, 1.165) is 68.4 Å². The van der Waals surface area contributed by atoms with Gasteiger partial charge in [0.1, 0.15) is 0 Å². The van der Waals surface area contributed by atoms with Crippen molar-refractivity contribution in [2.24, 2.45) is 0 Å². The molecule has 0 bridgehead atoms. The molecule has 8 amide bonds. The molecule has 4 heterocycles. The van der Waals surface area contributed by atoms with Gasteiger partial charge in [0.05, 0.1) is 11.1 Å². The molecule has 10 aromatic carbocycles. The number of aryl methyl sites for hydroxylation is 2. The summed E-state index contributed by atoms with van der Waals surface area (Å²) in [5, 5.41) is 4.63. The molecule has 4 unspecified atom stereocenters. The van der Waals surface area contributed by atoms with Crippen LogP contribution in [0, 0.1) is 13.8 Å². The number of carbonyl (C=O) groups excluding carboxylic acids is 8. The van der Waals surface area contributed by atoms with Gasteiger partial charge >= 0.3 is 12.4 Å². The highest BCUT2D eigenvalue weighted by Crippen LogP contribution is 2.54. The second-order valence-electron chi connectivity index (χ2n) is 27.3. The summed E-state index contributed by atoms with van der Waals surface area (Å²) >= 11 is 0. The number of nitrogens with zero attached hydrogens (tertiary/aromatic N) is 4. The van der Waals surface area contributed by atoms with Crippen molar-refractivity contribution in [2.75, 3.05) is 0 Å². The molecule has 18 heteroatoms. The lowest BCUT2D eigenvalue weighted by atomic mass is 9.79. The first kappa shape index (κ1) is 67.5. The molecular formula is C80H78F6N4O8. The summed E-state index contributed by atoms with van der Waals surface area (Å²) in [7, 11) is 0. The van der Waals surface area contributed by atoms with Crippen molar-refractivity contribution < 1.29 is 64.7 Å². The Bertz CT molecular complexity index is 5080. The number of rotatable bonds is 20. The zero-order chi connectivity index (χ0) is 70.2. The van der Waals surface area contributed by atoms with Gasteiger partial charge in [-0.25, -0.2) is 0 Å². The van der Waals surface area contributed by atoms with Crippen LogP contribution in [0.2, 0.25) is 0 Å². The van der Waals surface area contributed by atoms with E-state index in [1.807, 2.05) is 62.3 Å². The molecule has 14 rings (SSSR count). The highest BCUT2D eigenvalue weighted by atomic mass is 19.4. The molecule has 0 radical (unpaired) electrons. The summed E-state index contributed by atoms with van der Waals surface area (Å²) < 4.78 is 91.4. The Morgan fingerprint density at radius 1 is 0.286 bits per heavy atom. The lowest BCUT2D eigenvalue weighted by Gasteiger charge is -2.35. The second-order valence-corrected chi connectivity index (χ2v) is 27.3. The Morgan fingerprint density at radius 2 is 0.520 bits per heavy atom. The molecule has 0 fully saturated rings. The Labute approximate surface area is 563 Å². The smallest absolute Gasteiger partial charge is 0.271 e. The predicted octanol–water partition coefficient (Wildman–Crippen LogP) is 20.4. The molecule has 4 aliphatic heterocycles. The van der Waals surface area contributed by atoms with Crippen LogP contribution in [-0.4, -0.2) is 91.0 Å². The van der Waals surface area contributed by atoms with E-state index in [2.05, 4.69) is 0 Å². The average Bonchev–Trinajstić information content (AvgIpc) is 0.684. The summed E-state index contributed by atoms with van der Waals surface area (Å²) in [5.41, 5.74) is 0.546. The van der Waals surface area contributed by atoms with Crippen LogP contribution < -0.4 is 0 Å². The fourth-order valence-corrected chi connectivity index (χ4v) is 17.0. The molecule has 4 atom stereocenters. The third kappa shape index (κ3) is 9.88. The quantitative estimate of drug-likeness (QED) is 0.0317. The maximum atomic E-state index is 15.2. The molecule has 0 saturated heterocycles. The van der Waals surface area contributed by atoms with Crippen molar-refractivity contribution in [2.45, 2.75) is 208 Å². The molecule has 508 valence electrons. The summed E-state index contributed by atoms with van der Waals surface area (Å²) in [6.07, 6.45) is 1.68. The summed E-state index contributed by atoms with van der Waals surface area (Å²) in [5.74, 6) is -4.21. The van der Waals surface area contributed by atoms with E-state index in [9.17, 15) is 38.4 Å². The first-order chi connectivity index (χ1) is 46.8. The van der Waals surface area contributed by atoms with Gasteiger partial charge in [-0.3, -0.25) is 58.0 Å². The number of imide groups is 4.